The van der Waals surface area contributed by atoms with E-state index < -0.39 is 4.92 Å². The van der Waals surface area contributed by atoms with Gasteiger partial charge in [0.1, 0.15) is 0 Å². The molecule has 6 heteroatoms. The molecule has 0 saturated heterocycles. The Morgan fingerprint density at radius 1 is 1.28 bits per heavy atom. The molecule has 18 heavy (non-hydrogen) atoms. The maximum Gasteiger partial charge on any atom is 0.273 e. The van der Waals surface area contributed by atoms with E-state index in [2.05, 4.69) is 0 Å². The third-order valence-electron chi connectivity index (χ3n) is 2.39. The normalized spacial score (nSPS) is 10.1. The Morgan fingerprint density at radius 2 is 2.06 bits per heavy atom. The van der Waals surface area contributed by atoms with Crippen LogP contribution in [0, 0.1) is 10.1 Å². The van der Waals surface area contributed by atoms with Gasteiger partial charge >= 0.3 is 0 Å². The van der Waals surface area contributed by atoms with Crippen LogP contribution in [0.2, 0.25) is 0 Å². The van der Waals surface area contributed by atoms with Crippen LogP contribution in [0.25, 0.3) is 0 Å². The van der Waals surface area contributed by atoms with E-state index in [1.165, 1.54) is 19.2 Å². The highest BCUT2D eigenvalue weighted by molar-refractivity contribution is 6.17. The minimum atomic E-state index is -0.466. The molecule has 100 valence electrons. The molecule has 1 aromatic rings. The number of hydrogen-bond donors (Lipinski definition) is 0. The van der Waals surface area contributed by atoms with E-state index in [0.29, 0.717) is 24.0 Å². The minimum Gasteiger partial charge on any atom is -0.493 e. The third-order valence-corrected chi connectivity index (χ3v) is 2.66. The first-order valence-corrected chi connectivity index (χ1v) is 6.23. The van der Waals surface area contributed by atoms with Crippen LogP contribution in [-0.2, 0) is 0 Å². The molecule has 0 N–H and O–H groups in total. The number of nitrogens with zero attached hydrogens (tertiary/aromatic N) is 1. The zero-order chi connectivity index (χ0) is 13.4. The van der Waals surface area contributed by atoms with Crippen molar-refractivity contribution >= 4 is 17.3 Å². The van der Waals surface area contributed by atoms with Crippen molar-refractivity contribution in [3.8, 4) is 11.5 Å². The van der Waals surface area contributed by atoms with Crippen molar-refractivity contribution in [2.45, 2.75) is 19.3 Å². The van der Waals surface area contributed by atoms with Gasteiger partial charge in [-0.15, -0.1) is 11.6 Å². The number of alkyl halides is 1. The second-order valence-corrected chi connectivity index (χ2v) is 4.07. The number of hydrogen-bond acceptors (Lipinski definition) is 4. The fraction of sp³-hybridized carbons (Fsp3) is 0.500. The van der Waals surface area contributed by atoms with Crippen molar-refractivity contribution in [2.75, 3.05) is 19.6 Å². The second-order valence-electron chi connectivity index (χ2n) is 3.69. The zero-order valence-corrected chi connectivity index (χ0v) is 11.0. The van der Waals surface area contributed by atoms with E-state index in [9.17, 15) is 10.1 Å². The molecule has 0 unspecified atom stereocenters. The van der Waals surface area contributed by atoms with Crippen molar-refractivity contribution in [1.82, 2.24) is 0 Å². The Bertz CT molecular complexity index is 398. The van der Waals surface area contributed by atoms with Crippen molar-refractivity contribution < 1.29 is 14.4 Å². The summed E-state index contributed by atoms with van der Waals surface area (Å²) in [6, 6.07) is 4.31. The molecule has 5 nitrogen and oxygen atoms in total. The Labute approximate surface area is 111 Å². The Hall–Kier alpha value is -1.49. The molecule has 0 atom stereocenters. The van der Waals surface area contributed by atoms with Gasteiger partial charge in [-0.2, -0.15) is 0 Å². The predicted molar refractivity (Wildman–Crippen MR) is 69.7 cm³/mol. The minimum absolute atomic E-state index is 0.0126. The number of nitro benzene ring substituents is 1. The highest BCUT2D eigenvalue weighted by Crippen LogP contribution is 2.31. The van der Waals surface area contributed by atoms with E-state index in [1.54, 1.807) is 6.07 Å². The lowest BCUT2D eigenvalue weighted by Gasteiger charge is -2.10. The second kappa shape index (κ2) is 7.76. The standard InChI is InChI=1S/C12H16ClNO4/c1-17-12-9-10(14(15)16)5-6-11(12)18-8-4-2-3-7-13/h5-6,9H,2-4,7-8H2,1H3. The third kappa shape index (κ3) is 4.41. The average molecular weight is 274 g/mol. The van der Waals surface area contributed by atoms with Crippen LogP contribution in [0.15, 0.2) is 18.2 Å². The molecule has 0 heterocycles. The lowest BCUT2D eigenvalue weighted by atomic mass is 10.2. The van der Waals surface area contributed by atoms with Gasteiger partial charge in [-0.05, 0) is 25.3 Å². The van der Waals surface area contributed by atoms with Crippen LogP contribution in [0.1, 0.15) is 19.3 Å². The molecule has 0 fully saturated rings. The van der Waals surface area contributed by atoms with E-state index in [-0.39, 0.29) is 5.69 Å². The molecule has 1 rings (SSSR count). The van der Waals surface area contributed by atoms with E-state index in [0.717, 1.165) is 19.3 Å². The number of methoxy groups -OCH3 is 1. The first-order valence-electron chi connectivity index (χ1n) is 5.70. The predicted octanol–water partition coefficient (Wildman–Crippen LogP) is 3.39. The average Bonchev–Trinajstić information content (AvgIpc) is 2.38. The van der Waals surface area contributed by atoms with Gasteiger partial charge in [0.15, 0.2) is 11.5 Å². The van der Waals surface area contributed by atoms with Gasteiger partial charge in [0.2, 0.25) is 0 Å². The number of non-ortho nitro benzene ring substituents is 1. The molecule has 0 aliphatic heterocycles. The molecular formula is C12H16ClNO4. The van der Waals surface area contributed by atoms with Gasteiger partial charge in [0.25, 0.3) is 5.69 Å². The highest BCUT2D eigenvalue weighted by atomic mass is 35.5. The van der Waals surface area contributed by atoms with Crippen LogP contribution in [0.5, 0.6) is 11.5 Å². The summed E-state index contributed by atoms with van der Waals surface area (Å²) in [5.41, 5.74) is -0.0126. The summed E-state index contributed by atoms with van der Waals surface area (Å²) in [6.45, 7) is 0.547. The molecule has 0 aromatic heterocycles. The summed E-state index contributed by atoms with van der Waals surface area (Å²) in [5, 5.41) is 10.6. The molecule has 0 amide bonds. The number of rotatable bonds is 8. The van der Waals surface area contributed by atoms with Gasteiger partial charge in [-0.25, -0.2) is 0 Å². The highest BCUT2D eigenvalue weighted by Gasteiger charge is 2.11. The molecule has 0 radical (unpaired) electrons. The van der Waals surface area contributed by atoms with Gasteiger partial charge in [0.05, 0.1) is 24.7 Å². The SMILES string of the molecule is COc1cc([N+](=O)[O-])ccc1OCCCCCCl. The fourth-order valence-electron chi connectivity index (χ4n) is 1.44. The van der Waals surface area contributed by atoms with Gasteiger partial charge < -0.3 is 9.47 Å². The Morgan fingerprint density at radius 3 is 2.67 bits per heavy atom. The Balaban J connectivity index is 2.57. The van der Waals surface area contributed by atoms with Crippen molar-refractivity contribution in [3.05, 3.63) is 28.3 Å². The number of halogens is 1. The molecule has 0 aliphatic carbocycles. The summed E-state index contributed by atoms with van der Waals surface area (Å²) in [5.74, 6) is 1.55. The number of nitro groups is 1. The maximum absolute atomic E-state index is 10.6. The van der Waals surface area contributed by atoms with Crippen molar-refractivity contribution in [3.63, 3.8) is 0 Å². The smallest absolute Gasteiger partial charge is 0.273 e. The van der Waals surface area contributed by atoms with Gasteiger partial charge in [-0.1, -0.05) is 0 Å². The zero-order valence-electron chi connectivity index (χ0n) is 10.2. The maximum atomic E-state index is 10.6. The first-order chi connectivity index (χ1) is 8.69. The molecule has 0 saturated carbocycles. The van der Waals surface area contributed by atoms with Crippen LogP contribution < -0.4 is 9.47 Å². The topological polar surface area (TPSA) is 61.6 Å². The summed E-state index contributed by atoms with van der Waals surface area (Å²) in [6.07, 6.45) is 2.86. The summed E-state index contributed by atoms with van der Waals surface area (Å²) in [4.78, 5) is 10.1. The van der Waals surface area contributed by atoms with Crippen LogP contribution >= 0.6 is 11.6 Å². The lowest BCUT2D eigenvalue weighted by Crippen LogP contribution is -2.00. The summed E-state index contributed by atoms with van der Waals surface area (Å²) >= 11 is 5.57. The number of ether oxygens (including phenoxy) is 2. The van der Waals surface area contributed by atoms with Gasteiger partial charge in [0, 0.05) is 11.9 Å². The van der Waals surface area contributed by atoms with E-state index >= 15 is 0 Å². The molecule has 0 spiro atoms. The lowest BCUT2D eigenvalue weighted by molar-refractivity contribution is -0.384. The van der Waals surface area contributed by atoms with Crippen LogP contribution in [0.4, 0.5) is 5.69 Å². The summed E-state index contributed by atoms with van der Waals surface area (Å²) < 4.78 is 10.6. The molecule has 0 aliphatic rings. The Kier molecular flexibility index (Phi) is 6.28. The molecular weight excluding hydrogens is 258 g/mol. The monoisotopic (exact) mass is 273 g/mol. The van der Waals surface area contributed by atoms with Gasteiger partial charge in [-0.3, -0.25) is 10.1 Å². The fourth-order valence-corrected chi connectivity index (χ4v) is 1.63. The number of unbranched alkanes of at least 4 members (excludes halogenated alkanes) is 2. The quantitative estimate of drug-likeness (QED) is 0.315. The van der Waals surface area contributed by atoms with Crippen LogP contribution in [0.3, 0.4) is 0 Å². The largest absolute Gasteiger partial charge is 0.493 e. The first kappa shape index (κ1) is 14.6. The molecule has 0 bridgehead atoms. The molecule has 1 aromatic carbocycles. The van der Waals surface area contributed by atoms with E-state index in [4.69, 9.17) is 21.1 Å². The van der Waals surface area contributed by atoms with Crippen LogP contribution in [-0.4, -0.2) is 24.5 Å². The summed E-state index contributed by atoms with van der Waals surface area (Å²) in [7, 11) is 1.46. The van der Waals surface area contributed by atoms with Crippen molar-refractivity contribution in [1.29, 1.82) is 0 Å². The van der Waals surface area contributed by atoms with Crippen molar-refractivity contribution in [2.24, 2.45) is 0 Å². The van der Waals surface area contributed by atoms with E-state index in [1.807, 2.05) is 0 Å². The number of benzene rings is 1.